The van der Waals surface area contributed by atoms with E-state index in [1.165, 1.54) is 0 Å². The van der Waals surface area contributed by atoms with Crippen molar-refractivity contribution in [3.63, 3.8) is 0 Å². The molecular formula is C14H22N2O2S. The lowest BCUT2D eigenvalue weighted by molar-refractivity contribution is 0.403. The van der Waals surface area contributed by atoms with Gasteiger partial charge in [0, 0.05) is 12.6 Å². The fourth-order valence-corrected chi connectivity index (χ4v) is 3.99. The number of nitrogens with two attached hydrogens (primary N) is 1. The standard InChI is InChI=1S/C14H22N2O2S/c1-2-11-16(13-5-6-13)19(17,18)14-7-3-12(4-8-14)9-10-15/h3-4,7-8,13H,2,5-6,9-11,15H2,1H3. The van der Waals surface area contributed by atoms with Crippen LogP contribution >= 0.6 is 0 Å². The number of sulfonamides is 1. The smallest absolute Gasteiger partial charge is 0.243 e. The maximum atomic E-state index is 12.6. The minimum absolute atomic E-state index is 0.216. The molecule has 0 heterocycles. The molecule has 19 heavy (non-hydrogen) atoms. The molecule has 0 saturated heterocycles. The van der Waals surface area contributed by atoms with E-state index in [1.807, 2.05) is 19.1 Å². The Morgan fingerprint density at radius 3 is 2.37 bits per heavy atom. The molecule has 4 nitrogen and oxygen atoms in total. The van der Waals surface area contributed by atoms with Gasteiger partial charge in [-0.05, 0) is 49.9 Å². The summed E-state index contributed by atoms with van der Waals surface area (Å²) in [7, 11) is -3.33. The first-order chi connectivity index (χ1) is 9.09. The van der Waals surface area contributed by atoms with Gasteiger partial charge in [-0.2, -0.15) is 4.31 Å². The molecule has 2 rings (SSSR count). The Morgan fingerprint density at radius 1 is 1.26 bits per heavy atom. The van der Waals surface area contributed by atoms with Crippen molar-refractivity contribution in [3.05, 3.63) is 29.8 Å². The van der Waals surface area contributed by atoms with Crippen molar-refractivity contribution >= 4 is 10.0 Å². The van der Waals surface area contributed by atoms with Gasteiger partial charge in [0.2, 0.25) is 10.0 Å². The number of hydrogen-bond donors (Lipinski definition) is 1. The molecule has 0 radical (unpaired) electrons. The molecule has 1 fully saturated rings. The maximum absolute atomic E-state index is 12.6. The van der Waals surface area contributed by atoms with E-state index < -0.39 is 10.0 Å². The summed E-state index contributed by atoms with van der Waals surface area (Å²) in [5, 5.41) is 0. The van der Waals surface area contributed by atoms with Crippen LogP contribution in [-0.2, 0) is 16.4 Å². The molecule has 0 amide bonds. The topological polar surface area (TPSA) is 63.4 Å². The van der Waals surface area contributed by atoms with Gasteiger partial charge < -0.3 is 5.73 Å². The van der Waals surface area contributed by atoms with E-state index in [2.05, 4.69) is 0 Å². The number of rotatable bonds is 7. The van der Waals surface area contributed by atoms with Crippen LogP contribution in [0.15, 0.2) is 29.2 Å². The lowest BCUT2D eigenvalue weighted by atomic mass is 10.2. The fraction of sp³-hybridized carbons (Fsp3) is 0.571. The summed E-state index contributed by atoms with van der Waals surface area (Å²) >= 11 is 0. The Hall–Kier alpha value is -0.910. The average molecular weight is 282 g/mol. The molecule has 5 heteroatoms. The van der Waals surface area contributed by atoms with E-state index >= 15 is 0 Å². The number of benzene rings is 1. The van der Waals surface area contributed by atoms with E-state index in [0.717, 1.165) is 31.2 Å². The van der Waals surface area contributed by atoms with Gasteiger partial charge in [-0.25, -0.2) is 8.42 Å². The Kier molecular flexibility index (Phi) is 4.60. The first-order valence-corrected chi connectivity index (χ1v) is 8.34. The minimum atomic E-state index is -3.33. The van der Waals surface area contributed by atoms with E-state index in [9.17, 15) is 8.42 Å². The van der Waals surface area contributed by atoms with Gasteiger partial charge in [0.1, 0.15) is 0 Å². The SMILES string of the molecule is CCCN(C1CC1)S(=O)(=O)c1ccc(CCN)cc1. The van der Waals surface area contributed by atoms with E-state index in [4.69, 9.17) is 5.73 Å². The third-order valence-corrected chi connectivity index (χ3v) is 5.33. The molecular weight excluding hydrogens is 260 g/mol. The first kappa shape index (κ1) is 14.5. The molecule has 1 aliphatic carbocycles. The van der Waals surface area contributed by atoms with Gasteiger partial charge >= 0.3 is 0 Å². The average Bonchev–Trinajstić information content (AvgIpc) is 3.21. The van der Waals surface area contributed by atoms with E-state index in [0.29, 0.717) is 18.0 Å². The molecule has 2 N–H and O–H groups in total. The highest BCUT2D eigenvalue weighted by Crippen LogP contribution is 2.32. The van der Waals surface area contributed by atoms with Crippen molar-refractivity contribution in [2.45, 2.75) is 43.5 Å². The molecule has 0 bridgehead atoms. The summed E-state index contributed by atoms with van der Waals surface area (Å²) in [6, 6.07) is 7.33. The second kappa shape index (κ2) is 6.03. The van der Waals surface area contributed by atoms with E-state index in [1.54, 1.807) is 16.4 Å². The van der Waals surface area contributed by atoms with Gasteiger partial charge in [-0.15, -0.1) is 0 Å². The third-order valence-electron chi connectivity index (χ3n) is 3.36. The summed E-state index contributed by atoms with van der Waals surface area (Å²) in [5.41, 5.74) is 6.57. The molecule has 0 aromatic heterocycles. The first-order valence-electron chi connectivity index (χ1n) is 6.90. The van der Waals surface area contributed by atoms with Crippen LogP contribution in [0.1, 0.15) is 31.7 Å². The Labute approximate surface area is 115 Å². The van der Waals surface area contributed by atoms with Crippen LogP contribution in [-0.4, -0.2) is 31.9 Å². The van der Waals surface area contributed by atoms with Gasteiger partial charge in [-0.1, -0.05) is 19.1 Å². The van der Waals surface area contributed by atoms with Crippen LogP contribution in [0.2, 0.25) is 0 Å². The minimum Gasteiger partial charge on any atom is -0.330 e. The zero-order chi connectivity index (χ0) is 13.9. The van der Waals surface area contributed by atoms with Gasteiger partial charge in [-0.3, -0.25) is 0 Å². The molecule has 0 unspecified atom stereocenters. The summed E-state index contributed by atoms with van der Waals surface area (Å²) in [5.74, 6) is 0. The quantitative estimate of drug-likeness (QED) is 0.828. The molecule has 1 saturated carbocycles. The highest BCUT2D eigenvalue weighted by molar-refractivity contribution is 7.89. The summed E-state index contributed by atoms with van der Waals surface area (Å²) in [4.78, 5) is 0.397. The summed E-state index contributed by atoms with van der Waals surface area (Å²) in [6.07, 6.45) is 3.61. The largest absolute Gasteiger partial charge is 0.330 e. The Morgan fingerprint density at radius 2 is 1.89 bits per heavy atom. The van der Waals surface area contributed by atoms with Crippen molar-refractivity contribution in [1.29, 1.82) is 0 Å². The number of hydrogen-bond acceptors (Lipinski definition) is 3. The molecule has 1 aliphatic rings. The zero-order valence-corrected chi connectivity index (χ0v) is 12.2. The highest BCUT2D eigenvalue weighted by Gasteiger charge is 2.37. The van der Waals surface area contributed by atoms with Crippen LogP contribution in [0, 0.1) is 0 Å². The van der Waals surface area contributed by atoms with Crippen LogP contribution in [0.25, 0.3) is 0 Å². The Balaban J connectivity index is 2.22. The maximum Gasteiger partial charge on any atom is 0.243 e. The molecule has 0 spiro atoms. The Bertz CT molecular complexity index is 507. The molecule has 0 aliphatic heterocycles. The lowest BCUT2D eigenvalue weighted by Crippen LogP contribution is -2.33. The van der Waals surface area contributed by atoms with Crippen LogP contribution < -0.4 is 5.73 Å². The zero-order valence-electron chi connectivity index (χ0n) is 11.4. The van der Waals surface area contributed by atoms with Crippen LogP contribution in [0.3, 0.4) is 0 Å². The van der Waals surface area contributed by atoms with Crippen molar-refractivity contribution in [1.82, 2.24) is 4.31 Å². The normalized spacial score (nSPS) is 15.9. The predicted octanol–water partition coefficient (Wildman–Crippen LogP) is 1.75. The van der Waals surface area contributed by atoms with Crippen LogP contribution in [0.5, 0.6) is 0 Å². The van der Waals surface area contributed by atoms with Crippen molar-refractivity contribution in [2.24, 2.45) is 5.73 Å². The highest BCUT2D eigenvalue weighted by atomic mass is 32.2. The monoisotopic (exact) mass is 282 g/mol. The van der Waals surface area contributed by atoms with Crippen molar-refractivity contribution in [2.75, 3.05) is 13.1 Å². The molecule has 1 aromatic rings. The molecule has 0 atom stereocenters. The fourth-order valence-electron chi connectivity index (χ4n) is 2.21. The van der Waals surface area contributed by atoms with Gasteiger partial charge in [0.15, 0.2) is 0 Å². The molecule has 1 aromatic carbocycles. The lowest BCUT2D eigenvalue weighted by Gasteiger charge is -2.21. The van der Waals surface area contributed by atoms with Crippen molar-refractivity contribution in [3.8, 4) is 0 Å². The third kappa shape index (κ3) is 3.35. The van der Waals surface area contributed by atoms with Crippen molar-refractivity contribution < 1.29 is 8.42 Å². The second-order valence-corrected chi connectivity index (χ2v) is 6.92. The summed E-state index contributed by atoms with van der Waals surface area (Å²) < 4.78 is 26.8. The summed E-state index contributed by atoms with van der Waals surface area (Å²) in [6.45, 7) is 3.20. The second-order valence-electron chi connectivity index (χ2n) is 5.03. The number of nitrogens with zero attached hydrogens (tertiary/aromatic N) is 1. The van der Waals surface area contributed by atoms with Gasteiger partial charge in [0.05, 0.1) is 4.90 Å². The van der Waals surface area contributed by atoms with Crippen LogP contribution in [0.4, 0.5) is 0 Å². The van der Waals surface area contributed by atoms with Gasteiger partial charge in [0.25, 0.3) is 0 Å². The van der Waals surface area contributed by atoms with E-state index in [-0.39, 0.29) is 6.04 Å². The predicted molar refractivity (Wildman–Crippen MR) is 76.4 cm³/mol. The molecule has 106 valence electrons.